The van der Waals surface area contributed by atoms with E-state index in [1.165, 1.54) is 6.26 Å². The molecule has 2 heterocycles. The summed E-state index contributed by atoms with van der Waals surface area (Å²) in [6.07, 6.45) is 9.80. The van der Waals surface area contributed by atoms with Crippen LogP contribution in [0.1, 0.15) is 5.69 Å². The van der Waals surface area contributed by atoms with Crippen LogP contribution in [0.2, 0.25) is 0 Å². The second kappa shape index (κ2) is 5.56. The third kappa shape index (κ3) is 2.69. The van der Waals surface area contributed by atoms with E-state index >= 15 is 0 Å². The molecule has 1 aliphatic heterocycles. The van der Waals surface area contributed by atoms with Crippen LogP contribution in [0.25, 0.3) is 16.0 Å². The second-order valence-corrected chi connectivity index (χ2v) is 3.47. The normalized spacial score (nSPS) is 18.0. The van der Waals surface area contributed by atoms with Gasteiger partial charge in [0.15, 0.2) is 0 Å². The number of aromatic nitrogens is 1. The summed E-state index contributed by atoms with van der Waals surface area (Å²) in [6.45, 7) is 0. The first kappa shape index (κ1) is 11.8. The number of rotatable bonds is 3. The van der Waals surface area contributed by atoms with E-state index in [1.807, 2.05) is 6.08 Å². The molecule has 0 aromatic carbocycles. The van der Waals surface area contributed by atoms with Crippen LogP contribution >= 0.6 is 0 Å². The average molecular weight is 242 g/mol. The highest BCUT2D eigenvalue weighted by atomic mass is 16.5. The molecule has 0 radical (unpaired) electrons. The number of hydrogen-bond acceptors (Lipinski definition) is 2. The number of ether oxygens (including phenoxy) is 1. The van der Waals surface area contributed by atoms with Crippen molar-refractivity contribution in [3.05, 3.63) is 65.0 Å². The maximum Gasteiger partial charge on any atom is 0.251 e. The first-order chi connectivity index (χ1) is 8.81. The molecule has 90 valence electrons. The van der Waals surface area contributed by atoms with E-state index in [1.54, 1.807) is 36.6 Å². The van der Waals surface area contributed by atoms with Crippen molar-refractivity contribution in [2.45, 2.75) is 6.10 Å². The third-order valence-corrected chi connectivity index (χ3v) is 2.31. The number of allylic oxidation sites excluding steroid dienone is 2. The topological polar surface area (TPSA) is 90.9 Å². The summed E-state index contributed by atoms with van der Waals surface area (Å²) in [4.78, 5) is 17.1. The standard InChI is InChI=1S/C12H10N4O2/c13-16-15-12(17)10(11-5-3-6-14-11)8-9-4-1-2-7-18-9/h1-9,14H. The first-order valence-electron chi connectivity index (χ1n) is 5.25. The molecular formula is C12H10N4O2. The summed E-state index contributed by atoms with van der Waals surface area (Å²) in [5, 5.41) is 3.10. The van der Waals surface area contributed by atoms with Gasteiger partial charge in [-0.05, 0) is 41.0 Å². The number of H-pyrrole nitrogens is 1. The van der Waals surface area contributed by atoms with Gasteiger partial charge < -0.3 is 9.72 Å². The molecule has 0 saturated heterocycles. The average Bonchev–Trinajstić information content (AvgIpc) is 2.91. The van der Waals surface area contributed by atoms with E-state index < -0.39 is 5.91 Å². The maximum absolute atomic E-state index is 11.7. The largest absolute Gasteiger partial charge is 0.490 e. The van der Waals surface area contributed by atoms with Gasteiger partial charge >= 0.3 is 0 Å². The van der Waals surface area contributed by atoms with Gasteiger partial charge in [0.1, 0.15) is 6.10 Å². The van der Waals surface area contributed by atoms with Crippen molar-refractivity contribution < 1.29 is 9.53 Å². The van der Waals surface area contributed by atoms with Crippen LogP contribution in [-0.4, -0.2) is 17.0 Å². The van der Waals surface area contributed by atoms with Crippen LogP contribution < -0.4 is 0 Å². The molecule has 1 aromatic rings. The van der Waals surface area contributed by atoms with Crippen LogP contribution in [0.5, 0.6) is 0 Å². The molecule has 0 fully saturated rings. The van der Waals surface area contributed by atoms with Crippen molar-refractivity contribution in [1.82, 2.24) is 4.98 Å². The Morgan fingerprint density at radius 1 is 1.56 bits per heavy atom. The van der Waals surface area contributed by atoms with E-state index in [4.69, 9.17) is 10.3 Å². The Balaban J connectivity index is 2.33. The molecule has 2 rings (SSSR count). The molecule has 1 N–H and O–H groups in total. The van der Waals surface area contributed by atoms with Gasteiger partial charge in [0, 0.05) is 22.4 Å². The van der Waals surface area contributed by atoms with Crippen molar-refractivity contribution >= 4 is 11.5 Å². The minimum Gasteiger partial charge on any atom is -0.490 e. The highest BCUT2D eigenvalue weighted by Gasteiger charge is 2.14. The first-order valence-corrected chi connectivity index (χ1v) is 5.25. The molecule has 1 amide bonds. The number of aromatic amines is 1. The van der Waals surface area contributed by atoms with Crippen molar-refractivity contribution in [3.63, 3.8) is 0 Å². The second-order valence-electron chi connectivity index (χ2n) is 3.47. The Hall–Kier alpha value is -2.72. The fourth-order valence-corrected chi connectivity index (χ4v) is 1.53. The predicted molar refractivity (Wildman–Crippen MR) is 66.1 cm³/mol. The summed E-state index contributed by atoms with van der Waals surface area (Å²) in [5.41, 5.74) is 9.20. The molecule has 1 unspecified atom stereocenters. The number of azide groups is 1. The molecular weight excluding hydrogens is 232 g/mol. The quantitative estimate of drug-likeness (QED) is 0.382. The van der Waals surface area contributed by atoms with Gasteiger partial charge in [-0.1, -0.05) is 6.08 Å². The molecule has 6 heteroatoms. The molecule has 0 bridgehead atoms. The molecule has 0 aliphatic carbocycles. The molecule has 18 heavy (non-hydrogen) atoms. The number of amides is 1. The molecule has 6 nitrogen and oxygen atoms in total. The lowest BCUT2D eigenvalue weighted by atomic mass is 10.1. The van der Waals surface area contributed by atoms with Crippen LogP contribution in [0, 0.1) is 0 Å². The van der Waals surface area contributed by atoms with Crippen molar-refractivity contribution in [1.29, 1.82) is 0 Å². The van der Waals surface area contributed by atoms with E-state index in [2.05, 4.69) is 15.0 Å². The lowest BCUT2D eigenvalue weighted by Gasteiger charge is -2.12. The number of hydrogen-bond donors (Lipinski definition) is 1. The lowest BCUT2D eigenvalue weighted by molar-refractivity contribution is -0.112. The van der Waals surface area contributed by atoms with Gasteiger partial charge in [0.25, 0.3) is 5.91 Å². The predicted octanol–water partition coefficient (Wildman–Crippen LogP) is 2.70. The Morgan fingerprint density at radius 2 is 2.44 bits per heavy atom. The SMILES string of the molecule is [N-]=[N+]=NC(=O)C(=CC1C=CC=CO1)c1ccc[nH]1. The summed E-state index contributed by atoms with van der Waals surface area (Å²) >= 11 is 0. The monoisotopic (exact) mass is 242 g/mol. The number of carbonyl (C=O) groups is 1. The summed E-state index contributed by atoms with van der Waals surface area (Å²) in [5.74, 6) is -0.647. The minimum absolute atomic E-state index is 0.280. The lowest BCUT2D eigenvalue weighted by Crippen LogP contribution is -2.08. The zero-order valence-electron chi connectivity index (χ0n) is 9.35. The number of nitrogens with one attached hydrogen (secondary N) is 1. The van der Waals surface area contributed by atoms with Crippen LogP contribution in [-0.2, 0) is 9.53 Å². The third-order valence-electron chi connectivity index (χ3n) is 2.31. The van der Waals surface area contributed by atoms with E-state index in [0.717, 1.165) is 0 Å². The van der Waals surface area contributed by atoms with Crippen molar-refractivity contribution in [3.8, 4) is 0 Å². The van der Waals surface area contributed by atoms with Crippen LogP contribution in [0.4, 0.5) is 0 Å². The fourth-order valence-electron chi connectivity index (χ4n) is 1.53. The van der Waals surface area contributed by atoms with E-state index in [0.29, 0.717) is 5.69 Å². The summed E-state index contributed by atoms with van der Waals surface area (Å²) < 4.78 is 5.29. The number of nitrogens with zero attached hydrogens (tertiary/aromatic N) is 3. The van der Waals surface area contributed by atoms with Crippen molar-refractivity contribution in [2.75, 3.05) is 0 Å². The van der Waals surface area contributed by atoms with Crippen LogP contribution in [0.15, 0.2) is 54.0 Å². The maximum atomic E-state index is 11.7. The zero-order valence-corrected chi connectivity index (χ0v) is 9.35. The van der Waals surface area contributed by atoms with Gasteiger partial charge in [-0.2, -0.15) is 0 Å². The fraction of sp³-hybridized carbons (Fsp3) is 0.0833. The highest BCUT2D eigenvalue weighted by molar-refractivity contribution is 6.19. The summed E-state index contributed by atoms with van der Waals surface area (Å²) in [6, 6.07) is 3.48. The Morgan fingerprint density at radius 3 is 3.06 bits per heavy atom. The minimum atomic E-state index is -0.647. The van der Waals surface area contributed by atoms with E-state index in [9.17, 15) is 4.79 Å². The molecule has 1 atom stereocenters. The van der Waals surface area contributed by atoms with Gasteiger partial charge in [-0.25, -0.2) is 0 Å². The molecule has 0 saturated carbocycles. The summed E-state index contributed by atoms with van der Waals surface area (Å²) in [7, 11) is 0. The van der Waals surface area contributed by atoms with Gasteiger partial charge in [-0.15, -0.1) is 0 Å². The molecule has 0 spiro atoms. The van der Waals surface area contributed by atoms with Gasteiger partial charge in [0.2, 0.25) is 0 Å². The van der Waals surface area contributed by atoms with E-state index in [-0.39, 0.29) is 11.7 Å². The zero-order chi connectivity index (χ0) is 12.8. The van der Waals surface area contributed by atoms with Crippen molar-refractivity contribution in [2.24, 2.45) is 5.11 Å². The molecule has 1 aliphatic rings. The van der Waals surface area contributed by atoms with Crippen LogP contribution in [0.3, 0.4) is 0 Å². The van der Waals surface area contributed by atoms with Gasteiger partial charge in [-0.3, -0.25) is 4.79 Å². The highest BCUT2D eigenvalue weighted by Crippen LogP contribution is 2.17. The molecule has 1 aromatic heterocycles. The Kier molecular flexibility index (Phi) is 3.63. The Labute approximate surface area is 103 Å². The smallest absolute Gasteiger partial charge is 0.251 e. The number of carbonyl (C=O) groups excluding carboxylic acids is 1. The Bertz CT molecular complexity index is 563. The van der Waals surface area contributed by atoms with Gasteiger partial charge in [0.05, 0.1) is 6.26 Å².